The van der Waals surface area contributed by atoms with Gasteiger partial charge in [-0.15, -0.1) is 0 Å². The number of fused-ring (bicyclic) bond motifs is 7. The third-order valence-corrected chi connectivity index (χ3v) is 12.2. The van der Waals surface area contributed by atoms with Crippen molar-refractivity contribution in [1.29, 1.82) is 0 Å². The largest absolute Gasteiger partial charge is 0.309 e. The molecule has 0 aliphatic carbocycles. The first kappa shape index (κ1) is 25.9. The van der Waals surface area contributed by atoms with Crippen molar-refractivity contribution in [2.24, 2.45) is 0 Å². The molecule has 1 aliphatic rings. The molecular weight excluding hydrogens is 567 g/mol. The van der Waals surface area contributed by atoms with E-state index >= 15 is 4.57 Å². The van der Waals surface area contributed by atoms with Crippen LogP contribution < -0.4 is 15.9 Å². The lowest BCUT2D eigenvalue weighted by atomic mass is 10.0. The van der Waals surface area contributed by atoms with Gasteiger partial charge in [-0.3, -0.25) is 0 Å². The molecule has 1 unspecified atom stereocenters. The summed E-state index contributed by atoms with van der Waals surface area (Å²) in [5, 5.41) is 4.88. The first-order valence-electron chi connectivity index (χ1n) is 15.2. The van der Waals surface area contributed by atoms with Crippen molar-refractivity contribution in [3.05, 3.63) is 164 Å². The minimum Gasteiger partial charge on any atom is -0.309 e. The van der Waals surface area contributed by atoms with Crippen LogP contribution in [0.15, 0.2) is 164 Å². The summed E-state index contributed by atoms with van der Waals surface area (Å²) < 4.78 is 18.2. The zero-order chi connectivity index (χ0) is 30.0. The van der Waals surface area contributed by atoms with Crippen molar-refractivity contribution in [3.63, 3.8) is 0 Å². The monoisotopic (exact) mass is 594 g/mol. The molecule has 1 aliphatic heterocycles. The molecule has 9 rings (SSSR count). The number of hydrogen-bond donors (Lipinski definition) is 0. The summed E-state index contributed by atoms with van der Waals surface area (Å²) in [6, 6.07) is 56.1. The van der Waals surface area contributed by atoms with E-state index < -0.39 is 7.14 Å². The van der Waals surface area contributed by atoms with Crippen LogP contribution in [0.4, 0.5) is 0 Å². The summed E-state index contributed by atoms with van der Waals surface area (Å²) in [7, 11) is -3.23. The van der Waals surface area contributed by atoms with E-state index in [9.17, 15) is 0 Å². The Hall–Kier alpha value is -5.50. The maximum atomic E-state index is 15.9. The number of pyridine rings is 1. The zero-order valence-electron chi connectivity index (χ0n) is 24.3. The summed E-state index contributed by atoms with van der Waals surface area (Å²) in [4.78, 5) is 5.16. The van der Waals surface area contributed by atoms with Gasteiger partial charge in [-0.2, -0.15) is 0 Å². The molecule has 3 heterocycles. The van der Waals surface area contributed by atoms with Crippen molar-refractivity contribution in [3.8, 4) is 39.3 Å². The molecule has 2 aromatic heterocycles. The Morgan fingerprint density at radius 1 is 0.511 bits per heavy atom. The lowest BCUT2D eigenvalue weighted by Crippen LogP contribution is -2.22. The second-order valence-corrected chi connectivity index (χ2v) is 14.2. The second kappa shape index (κ2) is 10.0. The smallest absolute Gasteiger partial charge is 0.174 e. The SMILES string of the molecule is O=P1(c2ccccc2)c2ccccc2-c2ccc3c4ccccc4n(-c4cc(-c5ccccc5)nc(-c5ccccc5)c4)c3c21. The predicted molar refractivity (Wildman–Crippen MR) is 188 cm³/mol. The quantitative estimate of drug-likeness (QED) is 0.191. The summed E-state index contributed by atoms with van der Waals surface area (Å²) >= 11 is 0. The van der Waals surface area contributed by atoms with Gasteiger partial charge < -0.3 is 9.13 Å². The fourth-order valence-corrected chi connectivity index (χ4v) is 10.3. The molecule has 0 bridgehead atoms. The summed E-state index contributed by atoms with van der Waals surface area (Å²) in [6.07, 6.45) is 0. The molecule has 0 spiro atoms. The van der Waals surface area contributed by atoms with Crippen molar-refractivity contribution >= 4 is 44.9 Å². The molecule has 0 amide bonds. The van der Waals surface area contributed by atoms with Gasteiger partial charge in [-0.05, 0) is 29.3 Å². The summed E-state index contributed by atoms with van der Waals surface area (Å²) in [5.74, 6) is 0. The van der Waals surface area contributed by atoms with E-state index in [2.05, 4.69) is 89.5 Å². The van der Waals surface area contributed by atoms with E-state index in [1.165, 1.54) is 0 Å². The number of aromatic nitrogens is 2. The van der Waals surface area contributed by atoms with Gasteiger partial charge in [0.2, 0.25) is 0 Å². The molecule has 0 radical (unpaired) electrons. The molecule has 4 heteroatoms. The average molecular weight is 595 g/mol. The maximum Gasteiger partial charge on any atom is 0.174 e. The molecule has 6 aromatic carbocycles. The Morgan fingerprint density at radius 3 is 1.78 bits per heavy atom. The number of nitrogens with zero attached hydrogens (tertiary/aromatic N) is 2. The molecule has 45 heavy (non-hydrogen) atoms. The molecule has 212 valence electrons. The minimum atomic E-state index is -3.23. The van der Waals surface area contributed by atoms with Crippen molar-refractivity contribution in [2.75, 3.05) is 0 Å². The van der Waals surface area contributed by atoms with Gasteiger partial charge in [0.1, 0.15) is 0 Å². The van der Waals surface area contributed by atoms with Gasteiger partial charge in [0, 0.05) is 32.5 Å². The standard InChI is InChI=1S/C41H27N2OP/c44-45(31-18-8-3-9-19-31)39-23-13-11-21-33(39)35-25-24-34-32-20-10-12-22-38(32)43(40(34)41(35)45)30-26-36(28-14-4-1-5-15-28)42-37(27-30)29-16-6-2-7-17-29/h1-27H. The van der Waals surface area contributed by atoms with Crippen LogP contribution in [-0.4, -0.2) is 9.55 Å². The van der Waals surface area contributed by atoms with Gasteiger partial charge in [-0.1, -0.05) is 146 Å². The Bertz CT molecular complexity index is 2390. The van der Waals surface area contributed by atoms with Gasteiger partial charge in [0.05, 0.1) is 33.4 Å². The average Bonchev–Trinajstić information content (AvgIpc) is 3.59. The van der Waals surface area contributed by atoms with Crippen molar-refractivity contribution in [2.45, 2.75) is 0 Å². The molecule has 3 nitrogen and oxygen atoms in total. The lowest BCUT2D eigenvalue weighted by Gasteiger charge is -2.19. The van der Waals surface area contributed by atoms with Gasteiger partial charge in [0.25, 0.3) is 0 Å². The van der Waals surface area contributed by atoms with Crippen molar-refractivity contribution in [1.82, 2.24) is 9.55 Å². The molecule has 0 saturated carbocycles. The number of hydrogen-bond acceptors (Lipinski definition) is 2. The zero-order valence-corrected chi connectivity index (χ0v) is 25.2. The van der Waals surface area contributed by atoms with Crippen LogP contribution in [0.2, 0.25) is 0 Å². The Labute approximate surface area is 261 Å². The molecule has 1 atom stereocenters. The van der Waals surface area contributed by atoms with Crippen LogP contribution in [-0.2, 0) is 4.57 Å². The lowest BCUT2D eigenvalue weighted by molar-refractivity contribution is 0.593. The Kier molecular flexibility index (Phi) is 5.78. The number of benzene rings is 6. The highest BCUT2D eigenvalue weighted by molar-refractivity contribution is 7.86. The van der Waals surface area contributed by atoms with Crippen LogP contribution in [0.1, 0.15) is 0 Å². The highest BCUT2D eigenvalue weighted by atomic mass is 31.2. The van der Waals surface area contributed by atoms with Crippen LogP contribution >= 0.6 is 7.14 Å². The highest BCUT2D eigenvalue weighted by Gasteiger charge is 2.42. The van der Waals surface area contributed by atoms with Gasteiger partial charge >= 0.3 is 0 Å². The fraction of sp³-hybridized carbons (Fsp3) is 0. The molecule has 0 fully saturated rings. The van der Waals surface area contributed by atoms with E-state index in [0.717, 1.165) is 77.0 Å². The van der Waals surface area contributed by atoms with Crippen LogP contribution in [0.25, 0.3) is 61.1 Å². The fourth-order valence-electron chi connectivity index (χ4n) is 7.01. The van der Waals surface area contributed by atoms with Crippen LogP contribution in [0, 0.1) is 0 Å². The molecule has 0 N–H and O–H groups in total. The van der Waals surface area contributed by atoms with E-state index in [4.69, 9.17) is 4.98 Å². The van der Waals surface area contributed by atoms with Crippen molar-refractivity contribution < 1.29 is 4.57 Å². The van der Waals surface area contributed by atoms with E-state index in [-0.39, 0.29) is 0 Å². The topological polar surface area (TPSA) is 34.9 Å². The first-order valence-corrected chi connectivity index (χ1v) is 16.9. The van der Waals surface area contributed by atoms with E-state index in [1.54, 1.807) is 0 Å². The molecular formula is C41H27N2OP. The van der Waals surface area contributed by atoms with Crippen LogP contribution in [0.5, 0.6) is 0 Å². The first-order chi connectivity index (χ1) is 22.2. The summed E-state index contributed by atoms with van der Waals surface area (Å²) in [5.41, 5.74) is 8.99. The molecule has 8 aromatic rings. The minimum absolute atomic E-state index is 0.852. The maximum absolute atomic E-state index is 15.9. The number of para-hydroxylation sites is 1. The predicted octanol–water partition coefficient (Wildman–Crippen LogP) is 9.13. The van der Waals surface area contributed by atoms with Crippen LogP contribution in [0.3, 0.4) is 0 Å². The van der Waals surface area contributed by atoms with E-state index in [1.807, 2.05) is 78.9 Å². The third-order valence-electron chi connectivity index (χ3n) is 8.99. The third kappa shape index (κ3) is 3.84. The normalized spacial score (nSPS) is 15.3. The van der Waals surface area contributed by atoms with E-state index in [0.29, 0.717) is 0 Å². The highest BCUT2D eigenvalue weighted by Crippen LogP contribution is 2.55. The molecule has 0 saturated heterocycles. The second-order valence-electron chi connectivity index (χ2n) is 11.5. The van der Waals surface area contributed by atoms with Gasteiger partial charge in [0.15, 0.2) is 7.14 Å². The summed E-state index contributed by atoms with van der Waals surface area (Å²) in [6.45, 7) is 0. The Balaban J connectivity index is 1.45. The Morgan fingerprint density at radius 2 is 1.09 bits per heavy atom. The van der Waals surface area contributed by atoms with Gasteiger partial charge in [-0.25, -0.2) is 4.98 Å². The number of rotatable bonds is 4.